The molecule has 5 rings (SSSR count). The van der Waals surface area contributed by atoms with E-state index in [0.29, 0.717) is 5.75 Å². The fourth-order valence-electron chi connectivity index (χ4n) is 4.06. The molecular formula is C24H24N4O2. The van der Waals surface area contributed by atoms with Crippen molar-refractivity contribution in [1.29, 1.82) is 0 Å². The highest BCUT2D eigenvalue weighted by molar-refractivity contribution is 5.97. The minimum absolute atomic E-state index is 0.00602. The van der Waals surface area contributed by atoms with Gasteiger partial charge in [0, 0.05) is 34.9 Å². The fraction of sp³-hybridized carbons (Fsp3) is 0.250. The number of aromatic amines is 2. The molecule has 1 amide bonds. The summed E-state index contributed by atoms with van der Waals surface area (Å²) in [6.45, 7) is -0.00602. The van der Waals surface area contributed by atoms with E-state index in [4.69, 9.17) is 4.74 Å². The largest absolute Gasteiger partial charge is 0.484 e. The minimum atomic E-state index is -0.105. The van der Waals surface area contributed by atoms with Gasteiger partial charge in [-0.15, -0.1) is 0 Å². The lowest BCUT2D eigenvalue weighted by molar-refractivity contribution is -0.120. The second-order valence-corrected chi connectivity index (χ2v) is 7.75. The van der Waals surface area contributed by atoms with Crippen LogP contribution in [0.4, 0.5) is 5.69 Å². The SMILES string of the molecule is CN(C(=O)COc1ccccc1)c1ccc2cc(-c3n[nH]c4c3CCCC4)[nH]c2c1. The first kappa shape index (κ1) is 18.5. The van der Waals surface area contributed by atoms with E-state index in [0.717, 1.165) is 40.8 Å². The van der Waals surface area contributed by atoms with E-state index < -0.39 is 0 Å². The number of hydrogen-bond acceptors (Lipinski definition) is 3. The zero-order valence-electron chi connectivity index (χ0n) is 16.9. The van der Waals surface area contributed by atoms with Crippen LogP contribution in [0.25, 0.3) is 22.3 Å². The number of fused-ring (bicyclic) bond motifs is 2. The maximum absolute atomic E-state index is 12.6. The molecule has 30 heavy (non-hydrogen) atoms. The molecule has 1 aliphatic rings. The molecule has 0 aliphatic heterocycles. The van der Waals surface area contributed by atoms with Crippen LogP contribution in [-0.4, -0.2) is 34.7 Å². The van der Waals surface area contributed by atoms with Crippen molar-refractivity contribution in [3.8, 4) is 17.1 Å². The number of rotatable bonds is 5. The Labute approximate surface area is 174 Å². The summed E-state index contributed by atoms with van der Waals surface area (Å²) in [6.07, 6.45) is 4.58. The highest BCUT2D eigenvalue weighted by atomic mass is 16.5. The number of nitrogens with one attached hydrogen (secondary N) is 2. The lowest BCUT2D eigenvalue weighted by atomic mass is 9.95. The van der Waals surface area contributed by atoms with Crippen molar-refractivity contribution in [2.75, 3.05) is 18.6 Å². The number of amides is 1. The fourth-order valence-corrected chi connectivity index (χ4v) is 4.06. The molecule has 4 aromatic rings. The lowest BCUT2D eigenvalue weighted by Crippen LogP contribution is -2.31. The highest BCUT2D eigenvalue weighted by Gasteiger charge is 2.19. The van der Waals surface area contributed by atoms with Crippen LogP contribution in [0.2, 0.25) is 0 Å². The van der Waals surface area contributed by atoms with Crippen LogP contribution in [0.3, 0.4) is 0 Å². The quantitative estimate of drug-likeness (QED) is 0.519. The van der Waals surface area contributed by atoms with Crippen molar-refractivity contribution < 1.29 is 9.53 Å². The first-order valence-electron chi connectivity index (χ1n) is 10.3. The normalized spacial score (nSPS) is 13.2. The molecule has 0 radical (unpaired) electrons. The molecule has 0 bridgehead atoms. The van der Waals surface area contributed by atoms with Crippen molar-refractivity contribution in [2.45, 2.75) is 25.7 Å². The van der Waals surface area contributed by atoms with E-state index in [-0.39, 0.29) is 12.5 Å². The average Bonchev–Trinajstić information content (AvgIpc) is 3.41. The first-order valence-corrected chi connectivity index (χ1v) is 10.3. The van der Waals surface area contributed by atoms with Gasteiger partial charge in [0.15, 0.2) is 6.61 Å². The van der Waals surface area contributed by atoms with Gasteiger partial charge in [-0.2, -0.15) is 5.10 Å². The molecule has 6 nitrogen and oxygen atoms in total. The number of para-hydroxylation sites is 1. The number of nitrogens with zero attached hydrogens (tertiary/aromatic N) is 2. The summed E-state index contributed by atoms with van der Waals surface area (Å²) in [4.78, 5) is 17.7. The minimum Gasteiger partial charge on any atom is -0.484 e. The molecule has 0 unspecified atom stereocenters. The van der Waals surface area contributed by atoms with Crippen LogP contribution in [0.15, 0.2) is 54.6 Å². The Morgan fingerprint density at radius 2 is 1.93 bits per heavy atom. The van der Waals surface area contributed by atoms with Gasteiger partial charge in [-0.3, -0.25) is 9.89 Å². The van der Waals surface area contributed by atoms with Crippen LogP contribution in [0.5, 0.6) is 5.75 Å². The van der Waals surface area contributed by atoms with Crippen molar-refractivity contribution in [1.82, 2.24) is 15.2 Å². The third-order valence-corrected chi connectivity index (χ3v) is 5.78. The van der Waals surface area contributed by atoms with Gasteiger partial charge >= 0.3 is 0 Å². The van der Waals surface area contributed by atoms with Crippen molar-refractivity contribution >= 4 is 22.5 Å². The smallest absolute Gasteiger partial charge is 0.264 e. The van der Waals surface area contributed by atoms with Crippen molar-refractivity contribution in [3.05, 3.63) is 65.9 Å². The third-order valence-electron chi connectivity index (χ3n) is 5.78. The molecule has 0 spiro atoms. The molecule has 6 heteroatoms. The molecule has 0 saturated heterocycles. The van der Waals surface area contributed by atoms with Crippen LogP contribution >= 0.6 is 0 Å². The van der Waals surface area contributed by atoms with E-state index in [1.807, 2.05) is 48.5 Å². The molecule has 2 aromatic carbocycles. The Bertz CT molecular complexity index is 1190. The van der Waals surface area contributed by atoms with E-state index >= 15 is 0 Å². The van der Waals surface area contributed by atoms with Gasteiger partial charge in [0.25, 0.3) is 5.91 Å². The molecular weight excluding hydrogens is 376 g/mol. The molecule has 2 heterocycles. The monoisotopic (exact) mass is 400 g/mol. The van der Waals surface area contributed by atoms with Crippen LogP contribution in [-0.2, 0) is 17.6 Å². The number of likely N-dealkylation sites (N-methyl/N-ethyl adjacent to an activating group) is 1. The Kier molecular flexibility index (Phi) is 4.75. The number of aryl methyl sites for hydroxylation is 1. The van der Waals surface area contributed by atoms with Gasteiger partial charge in [-0.05, 0) is 56.0 Å². The zero-order valence-corrected chi connectivity index (χ0v) is 16.9. The van der Waals surface area contributed by atoms with Crippen LogP contribution in [0, 0.1) is 0 Å². The number of carbonyl (C=O) groups excluding carboxylic acids is 1. The zero-order chi connectivity index (χ0) is 20.5. The number of ether oxygens (including phenoxy) is 1. The van der Waals surface area contributed by atoms with Crippen molar-refractivity contribution in [3.63, 3.8) is 0 Å². The summed E-state index contributed by atoms with van der Waals surface area (Å²) in [5.74, 6) is 0.581. The molecule has 1 aliphatic carbocycles. The van der Waals surface area contributed by atoms with Gasteiger partial charge in [0.1, 0.15) is 11.4 Å². The van der Waals surface area contributed by atoms with E-state index in [1.54, 1.807) is 11.9 Å². The Hall–Kier alpha value is -3.54. The Morgan fingerprint density at radius 3 is 2.80 bits per heavy atom. The number of anilines is 1. The second kappa shape index (κ2) is 7.71. The predicted molar refractivity (Wildman–Crippen MR) is 118 cm³/mol. The van der Waals surface area contributed by atoms with Gasteiger partial charge in [0.05, 0.1) is 5.69 Å². The van der Waals surface area contributed by atoms with Gasteiger partial charge in [0.2, 0.25) is 0 Å². The number of aromatic nitrogens is 3. The molecule has 0 fully saturated rings. The molecule has 0 atom stereocenters. The Balaban J connectivity index is 1.36. The number of hydrogen-bond donors (Lipinski definition) is 2. The third kappa shape index (κ3) is 3.45. The maximum atomic E-state index is 12.6. The van der Waals surface area contributed by atoms with Gasteiger partial charge in [-0.25, -0.2) is 0 Å². The molecule has 152 valence electrons. The summed E-state index contributed by atoms with van der Waals surface area (Å²) in [5, 5.41) is 8.87. The molecule has 2 aromatic heterocycles. The number of H-pyrrole nitrogens is 2. The maximum Gasteiger partial charge on any atom is 0.264 e. The van der Waals surface area contributed by atoms with Crippen molar-refractivity contribution in [2.24, 2.45) is 0 Å². The number of benzene rings is 2. The summed E-state index contributed by atoms with van der Waals surface area (Å²) in [7, 11) is 1.77. The van der Waals surface area contributed by atoms with E-state index in [2.05, 4.69) is 21.2 Å². The number of carbonyl (C=O) groups is 1. The summed E-state index contributed by atoms with van der Waals surface area (Å²) >= 11 is 0. The summed E-state index contributed by atoms with van der Waals surface area (Å²) in [6, 6.07) is 17.5. The summed E-state index contributed by atoms with van der Waals surface area (Å²) < 4.78 is 5.59. The van der Waals surface area contributed by atoms with Crippen LogP contribution < -0.4 is 9.64 Å². The van der Waals surface area contributed by atoms with E-state index in [1.165, 1.54) is 24.1 Å². The predicted octanol–water partition coefficient (Wildman–Crippen LogP) is 4.48. The van der Waals surface area contributed by atoms with E-state index in [9.17, 15) is 4.79 Å². The Morgan fingerprint density at radius 1 is 1.10 bits per heavy atom. The second-order valence-electron chi connectivity index (χ2n) is 7.75. The van der Waals surface area contributed by atoms with Crippen LogP contribution in [0.1, 0.15) is 24.1 Å². The summed E-state index contributed by atoms with van der Waals surface area (Å²) in [5.41, 5.74) is 6.43. The molecule has 0 saturated carbocycles. The topological polar surface area (TPSA) is 74.0 Å². The highest BCUT2D eigenvalue weighted by Crippen LogP contribution is 2.32. The first-order chi connectivity index (χ1) is 14.7. The molecule has 2 N–H and O–H groups in total. The lowest BCUT2D eigenvalue weighted by Gasteiger charge is -2.17. The van der Waals surface area contributed by atoms with Gasteiger partial charge < -0.3 is 14.6 Å². The standard InChI is InChI=1S/C24H24N4O2/c1-28(23(29)15-30-18-7-3-2-4-8-18)17-12-11-16-13-22(25-21(16)14-17)24-19-9-5-6-10-20(19)26-27-24/h2-4,7-8,11-14,25H,5-6,9-10,15H2,1H3,(H,26,27). The average molecular weight is 400 g/mol. The van der Waals surface area contributed by atoms with Gasteiger partial charge in [-0.1, -0.05) is 24.3 Å².